The lowest BCUT2D eigenvalue weighted by atomic mass is 9.81. The van der Waals surface area contributed by atoms with E-state index >= 15 is 0 Å². The first-order chi connectivity index (χ1) is 17.0. The van der Waals surface area contributed by atoms with Gasteiger partial charge in [0.05, 0.1) is 38.1 Å². The summed E-state index contributed by atoms with van der Waals surface area (Å²) in [6.45, 7) is 0.847. The number of hydrogen-bond donors (Lipinski definition) is 1. The molecular formula is C26H30ClN3O4S. The van der Waals surface area contributed by atoms with E-state index in [1.165, 1.54) is 11.1 Å². The molecule has 5 rings (SSSR count). The van der Waals surface area contributed by atoms with Crippen molar-refractivity contribution in [2.24, 2.45) is 0 Å². The molecule has 2 aliphatic heterocycles. The van der Waals surface area contributed by atoms with Crippen LogP contribution in [0.5, 0.6) is 17.2 Å². The van der Waals surface area contributed by atoms with Crippen LogP contribution in [0, 0.1) is 0 Å². The van der Waals surface area contributed by atoms with E-state index in [2.05, 4.69) is 10.2 Å². The lowest BCUT2D eigenvalue weighted by Gasteiger charge is -2.48. The molecule has 2 aliphatic rings. The van der Waals surface area contributed by atoms with E-state index < -0.39 is 0 Å². The average molecular weight is 516 g/mol. The number of fused-ring (bicyclic) bond motifs is 3. The topological polar surface area (TPSA) is 72.9 Å². The van der Waals surface area contributed by atoms with Gasteiger partial charge in [-0.2, -0.15) is 0 Å². The number of rotatable bonds is 7. The van der Waals surface area contributed by atoms with Crippen LogP contribution in [0.3, 0.4) is 0 Å². The molecule has 2 atom stereocenters. The molecule has 2 unspecified atom stereocenters. The molecule has 3 heterocycles. The highest BCUT2D eigenvalue weighted by Crippen LogP contribution is 2.39. The normalized spacial score (nSPS) is 22.1. The molecule has 0 saturated carbocycles. The van der Waals surface area contributed by atoms with Crippen molar-refractivity contribution in [3.63, 3.8) is 0 Å². The molecule has 186 valence electrons. The fraction of sp³-hybridized carbons (Fsp3) is 0.462. The smallest absolute Gasteiger partial charge is 0.251 e. The molecule has 35 heavy (non-hydrogen) atoms. The third-order valence-electron chi connectivity index (χ3n) is 7.10. The number of thiazole rings is 1. The second-order valence-electron chi connectivity index (χ2n) is 9.19. The predicted octanol–water partition coefficient (Wildman–Crippen LogP) is 5.29. The maximum Gasteiger partial charge on any atom is 0.251 e. The van der Waals surface area contributed by atoms with Crippen LogP contribution in [0.4, 0.5) is 0 Å². The minimum absolute atomic E-state index is 0.121. The van der Waals surface area contributed by atoms with Crippen LogP contribution in [-0.4, -0.2) is 55.2 Å². The van der Waals surface area contributed by atoms with Gasteiger partial charge in [-0.25, -0.2) is 4.98 Å². The quantitative estimate of drug-likeness (QED) is 0.461. The summed E-state index contributed by atoms with van der Waals surface area (Å²) in [4.78, 5) is 20.6. The Labute approximate surface area is 214 Å². The number of amides is 1. The number of nitrogens with zero attached hydrogens (tertiary/aromatic N) is 2. The number of benzene rings is 2. The van der Waals surface area contributed by atoms with E-state index in [0.717, 1.165) is 47.8 Å². The lowest BCUT2D eigenvalue weighted by molar-refractivity contribution is 0.0177. The molecule has 2 saturated heterocycles. The van der Waals surface area contributed by atoms with Crippen molar-refractivity contribution in [2.75, 3.05) is 21.3 Å². The minimum Gasteiger partial charge on any atom is -0.493 e. The second-order valence-corrected chi connectivity index (χ2v) is 10.7. The van der Waals surface area contributed by atoms with Gasteiger partial charge in [0.1, 0.15) is 5.01 Å². The highest BCUT2D eigenvalue weighted by molar-refractivity contribution is 7.18. The SMILES string of the molecule is COc1cc(C(=O)NC2CC3CCCC(C2)N3Cc2nc3cc(Cl)ccc3s2)cc(OC)c1OC. The Bertz CT molecular complexity index is 1190. The summed E-state index contributed by atoms with van der Waals surface area (Å²) in [5, 5.41) is 5.11. The number of carbonyl (C=O) groups is 1. The van der Waals surface area contributed by atoms with Crippen molar-refractivity contribution in [1.82, 2.24) is 15.2 Å². The maximum absolute atomic E-state index is 13.2. The van der Waals surface area contributed by atoms with Crippen molar-refractivity contribution in [2.45, 2.75) is 56.8 Å². The molecule has 1 aromatic heterocycles. The van der Waals surface area contributed by atoms with E-state index in [0.29, 0.717) is 34.9 Å². The number of hydrogen-bond acceptors (Lipinski definition) is 7. The van der Waals surface area contributed by atoms with Crippen LogP contribution in [0.25, 0.3) is 10.2 Å². The number of carbonyl (C=O) groups excluding carboxylic acids is 1. The first kappa shape index (κ1) is 24.2. The third kappa shape index (κ3) is 4.92. The van der Waals surface area contributed by atoms with Crippen molar-refractivity contribution in [3.8, 4) is 17.2 Å². The van der Waals surface area contributed by atoms with Gasteiger partial charge in [0.15, 0.2) is 11.5 Å². The summed E-state index contributed by atoms with van der Waals surface area (Å²) < 4.78 is 17.4. The predicted molar refractivity (Wildman–Crippen MR) is 138 cm³/mol. The molecule has 0 radical (unpaired) electrons. The van der Waals surface area contributed by atoms with Gasteiger partial charge in [0.2, 0.25) is 5.75 Å². The Kier molecular flexibility index (Phi) is 7.05. The Morgan fingerprint density at radius 1 is 1.09 bits per heavy atom. The standard InChI is InChI=1S/C26H30ClN3O4S/c1-32-21-9-15(10-22(33-2)25(21)34-3)26(31)28-17-12-18-5-4-6-19(13-17)30(18)14-24-29-20-11-16(27)7-8-23(20)35-24/h7-11,17-19H,4-6,12-14H2,1-3H3,(H,28,31). The zero-order valence-corrected chi connectivity index (χ0v) is 21.7. The molecular weight excluding hydrogens is 486 g/mol. The highest BCUT2D eigenvalue weighted by atomic mass is 35.5. The summed E-state index contributed by atoms with van der Waals surface area (Å²) in [6.07, 6.45) is 5.38. The minimum atomic E-state index is -0.121. The fourth-order valence-electron chi connectivity index (χ4n) is 5.51. The number of ether oxygens (including phenoxy) is 3. The number of methoxy groups -OCH3 is 3. The fourth-order valence-corrected chi connectivity index (χ4v) is 6.63. The molecule has 0 spiro atoms. The molecule has 2 aromatic carbocycles. The first-order valence-corrected chi connectivity index (χ1v) is 13.1. The van der Waals surface area contributed by atoms with Gasteiger partial charge in [-0.3, -0.25) is 9.69 Å². The molecule has 3 aromatic rings. The van der Waals surface area contributed by atoms with Crippen molar-refractivity contribution in [3.05, 3.63) is 45.9 Å². The third-order valence-corrected chi connectivity index (χ3v) is 8.36. The van der Waals surface area contributed by atoms with Gasteiger partial charge in [0.25, 0.3) is 5.91 Å². The van der Waals surface area contributed by atoms with Crippen LogP contribution in [-0.2, 0) is 6.54 Å². The van der Waals surface area contributed by atoms with Crippen molar-refractivity contribution < 1.29 is 19.0 Å². The molecule has 1 amide bonds. The maximum atomic E-state index is 13.2. The van der Waals surface area contributed by atoms with E-state index in [4.69, 9.17) is 30.8 Å². The van der Waals surface area contributed by atoms with Crippen molar-refractivity contribution in [1.29, 1.82) is 0 Å². The molecule has 1 N–H and O–H groups in total. The van der Waals surface area contributed by atoms with E-state index in [1.807, 2.05) is 18.2 Å². The summed E-state index contributed by atoms with van der Waals surface area (Å²) in [5.74, 6) is 1.30. The molecule has 9 heteroatoms. The van der Waals surface area contributed by atoms with Gasteiger partial charge in [0, 0.05) is 28.7 Å². The number of nitrogens with one attached hydrogen (secondary N) is 1. The highest BCUT2D eigenvalue weighted by Gasteiger charge is 2.39. The molecule has 2 bridgehead atoms. The van der Waals surface area contributed by atoms with Crippen LogP contribution in [0.2, 0.25) is 5.02 Å². The van der Waals surface area contributed by atoms with E-state index in [1.54, 1.807) is 44.8 Å². The van der Waals surface area contributed by atoms with Gasteiger partial charge in [-0.1, -0.05) is 18.0 Å². The van der Waals surface area contributed by atoms with Crippen LogP contribution in [0.15, 0.2) is 30.3 Å². The van der Waals surface area contributed by atoms with E-state index in [-0.39, 0.29) is 11.9 Å². The van der Waals surface area contributed by atoms with Gasteiger partial charge in [-0.15, -0.1) is 11.3 Å². The van der Waals surface area contributed by atoms with E-state index in [9.17, 15) is 4.79 Å². The zero-order valence-electron chi connectivity index (χ0n) is 20.2. The van der Waals surface area contributed by atoms with Crippen LogP contribution >= 0.6 is 22.9 Å². The lowest BCUT2D eigenvalue weighted by Crippen LogP contribution is -2.56. The Hall–Kier alpha value is -2.55. The van der Waals surface area contributed by atoms with Gasteiger partial charge >= 0.3 is 0 Å². The number of piperidine rings is 2. The zero-order chi connectivity index (χ0) is 24.5. The van der Waals surface area contributed by atoms with Crippen molar-refractivity contribution >= 4 is 39.1 Å². The second kappa shape index (κ2) is 10.2. The summed E-state index contributed by atoms with van der Waals surface area (Å²) in [6, 6.07) is 10.3. The van der Waals surface area contributed by atoms with Crippen LogP contribution < -0.4 is 19.5 Å². The first-order valence-electron chi connectivity index (χ1n) is 11.9. The Balaban J connectivity index is 1.29. The van der Waals surface area contributed by atoms with Gasteiger partial charge < -0.3 is 19.5 Å². The Morgan fingerprint density at radius 2 is 1.77 bits per heavy atom. The summed E-state index contributed by atoms with van der Waals surface area (Å²) in [7, 11) is 4.65. The molecule has 7 nitrogen and oxygen atoms in total. The molecule has 2 fully saturated rings. The Morgan fingerprint density at radius 3 is 2.40 bits per heavy atom. The monoisotopic (exact) mass is 515 g/mol. The summed E-state index contributed by atoms with van der Waals surface area (Å²) in [5.41, 5.74) is 1.47. The average Bonchev–Trinajstić information content (AvgIpc) is 3.24. The summed E-state index contributed by atoms with van der Waals surface area (Å²) >= 11 is 7.89. The number of aromatic nitrogens is 1. The molecule has 0 aliphatic carbocycles. The number of halogens is 1. The van der Waals surface area contributed by atoms with Gasteiger partial charge in [-0.05, 0) is 56.0 Å². The largest absolute Gasteiger partial charge is 0.493 e. The van der Waals surface area contributed by atoms with Crippen LogP contribution in [0.1, 0.15) is 47.5 Å².